The van der Waals surface area contributed by atoms with Crippen LogP contribution in [0, 0.1) is 11.3 Å². The van der Waals surface area contributed by atoms with Gasteiger partial charge in [-0.25, -0.2) is 12.7 Å². The van der Waals surface area contributed by atoms with E-state index in [1.807, 2.05) is 13.8 Å². The largest absolute Gasteiger partial charge is 0.481 e. The average Bonchev–Trinajstić information content (AvgIpc) is 3.14. The van der Waals surface area contributed by atoms with Gasteiger partial charge in [-0.05, 0) is 37.5 Å². The Bertz CT molecular complexity index is 939. The van der Waals surface area contributed by atoms with E-state index >= 15 is 0 Å². The van der Waals surface area contributed by atoms with Crippen molar-refractivity contribution in [2.45, 2.75) is 32.1 Å². The van der Waals surface area contributed by atoms with E-state index in [-0.39, 0.29) is 41.6 Å². The monoisotopic (exact) mass is 394 g/mol. The third kappa shape index (κ3) is 2.72. The van der Waals surface area contributed by atoms with Crippen molar-refractivity contribution in [1.29, 1.82) is 0 Å². The third-order valence-electron chi connectivity index (χ3n) is 5.66. The minimum atomic E-state index is -3.96. The summed E-state index contributed by atoms with van der Waals surface area (Å²) in [4.78, 5) is 38.1. The van der Waals surface area contributed by atoms with E-state index in [0.717, 1.165) is 4.31 Å². The van der Waals surface area contributed by atoms with E-state index in [4.69, 9.17) is 0 Å². The number of carbonyl (C=O) groups excluding carboxylic acids is 2. The van der Waals surface area contributed by atoms with E-state index in [0.29, 0.717) is 6.42 Å². The van der Waals surface area contributed by atoms with Gasteiger partial charge >= 0.3 is 5.97 Å². The minimum absolute atomic E-state index is 0.0147. The Kier molecular flexibility index (Phi) is 4.54. The normalized spacial score (nSPS) is 23.8. The molecule has 0 spiro atoms. The number of carboxylic acid groups (broad SMARTS) is 1. The lowest BCUT2D eigenvalue weighted by Crippen LogP contribution is -2.40. The van der Waals surface area contributed by atoms with Crippen molar-refractivity contribution < 1.29 is 27.9 Å². The lowest BCUT2D eigenvalue weighted by molar-refractivity contribution is -0.150. The zero-order chi connectivity index (χ0) is 20.1. The number of aliphatic carboxylic acids is 1. The van der Waals surface area contributed by atoms with E-state index in [1.54, 1.807) is 6.92 Å². The first-order chi connectivity index (χ1) is 12.6. The van der Waals surface area contributed by atoms with Crippen LogP contribution in [0.15, 0.2) is 23.1 Å². The van der Waals surface area contributed by atoms with Gasteiger partial charge in [-0.1, -0.05) is 13.8 Å². The van der Waals surface area contributed by atoms with Crippen molar-refractivity contribution >= 4 is 27.8 Å². The molecule has 0 bridgehead atoms. The highest BCUT2D eigenvalue weighted by atomic mass is 32.2. The molecule has 1 N–H and O–H groups in total. The molecule has 2 amide bonds. The SMILES string of the molecule is CCN1C(=O)c2ccc(C(=O)N3CCC(C(=O)O)(C(C)C)C3)cc2S1(=O)=O. The number of nitrogens with zero attached hydrogens (tertiary/aromatic N) is 2. The summed E-state index contributed by atoms with van der Waals surface area (Å²) in [6.45, 7) is 5.57. The summed E-state index contributed by atoms with van der Waals surface area (Å²) in [6, 6.07) is 3.99. The molecule has 1 saturated heterocycles. The van der Waals surface area contributed by atoms with Crippen molar-refractivity contribution in [2.75, 3.05) is 19.6 Å². The van der Waals surface area contributed by atoms with E-state index in [1.165, 1.54) is 23.1 Å². The van der Waals surface area contributed by atoms with Crippen molar-refractivity contribution in [3.8, 4) is 0 Å². The quantitative estimate of drug-likeness (QED) is 0.827. The van der Waals surface area contributed by atoms with Gasteiger partial charge < -0.3 is 10.0 Å². The van der Waals surface area contributed by atoms with E-state index in [2.05, 4.69) is 0 Å². The summed E-state index contributed by atoms with van der Waals surface area (Å²) in [5.74, 6) is -2.12. The number of fused-ring (bicyclic) bond motifs is 1. The van der Waals surface area contributed by atoms with Crippen LogP contribution in [0.1, 0.15) is 47.9 Å². The Morgan fingerprint density at radius 3 is 2.48 bits per heavy atom. The first-order valence-electron chi connectivity index (χ1n) is 8.80. The maximum atomic E-state index is 12.9. The number of likely N-dealkylation sites (tertiary alicyclic amines) is 1. The zero-order valence-corrected chi connectivity index (χ0v) is 16.2. The van der Waals surface area contributed by atoms with Crippen LogP contribution in [-0.2, 0) is 14.8 Å². The molecule has 2 aliphatic rings. The maximum absolute atomic E-state index is 12.9. The van der Waals surface area contributed by atoms with Crippen LogP contribution < -0.4 is 0 Å². The van der Waals surface area contributed by atoms with Crippen molar-refractivity contribution in [2.24, 2.45) is 11.3 Å². The molecule has 1 unspecified atom stereocenters. The molecular formula is C18H22N2O6S. The molecule has 2 heterocycles. The van der Waals surface area contributed by atoms with Gasteiger partial charge in [0.1, 0.15) is 4.90 Å². The van der Waals surface area contributed by atoms with Crippen LogP contribution in [0.4, 0.5) is 0 Å². The molecule has 2 aliphatic heterocycles. The van der Waals surface area contributed by atoms with Crippen LogP contribution in [0.25, 0.3) is 0 Å². The summed E-state index contributed by atoms with van der Waals surface area (Å²) in [7, 11) is -3.96. The first-order valence-corrected chi connectivity index (χ1v) is 10.2. The van der Waals surface area contributed by atoms with Gasteiger partial charge in [-0.2, -0.15) is 0 Å². The molecule has 1 atom stereocenters. The first kappa shape index (κ1) is 19.3. The fourth-order valence-electron chi connectivity index (χ4n) is 3.80. The van der Waals surface area contributed by atoms with Crippen LogP contribution in [0.3, 0.4) is 0 Å². The number of hydrogen-bond donors (Lipinski definition) is 1. The zero-order valence-electron chi connectivity index (χ0n) is 15.4. The number of hydrogen-bond acceptors (Lipinski definition) is 5. The number of carboxylic acids is 1. The van der Waals surface area contributed by atoms with E-state index in [9.17, 15) is 27.9 Å². The molecule has 27 heavy (non-hydrogen) atoms. The number of carbonyl (C=O) groups is 3. The number of sulfonamides is 1. The molecular weight excluding hydrogens is 372 g/mol. The fraction of sp³-hybridized carbons (Fsp3) is 0.500. The van der Waals surface area contributed by atoms with Crippen LogP contribution in [0.2, 0.25) is 0 Å². The maximum Gasteiger partial charge on any atom is 0.311 e. The molecule has 9 heteroatoms. The van der Waals surface area contributed by atoms with Gasteiger partial charge in [-0.3, -0.25) is 14.4 Å². The van der Waals surface area contributed by atoms with Gasteiger partial charge in [0.2, 0.25) is 0 Å². The summed E-state index contributed by atoms with van der Waals surface area (Å²) in [6.07, 6.45) is 0.344. The Balaban J connectivity index is 1.93. The van der Waals surface area contributed by atoms with Gasteiger partial charge in [-0.15, -0.1) is 0 Å². The highest BCUT2D eigenvalue weighted by molar-refractivity contribution is 7.90. The standard InChI is InChI=1S/C18H22N2O6S/c1-4-20-16(22)13-6-5-12(9-14(13)27(20,25)26)15(21)19-8-7-18(10-19,11(2)3)17(23)24/h5-6,9,11H,4,7-8,10H2,1-3H3,(H,23,24). The molecule has 0 radical (unpaired) electrons. The third-order valence-corrected chi connectivity index (χ3v) is 7.56. The predicted molar refractivity (Wildman–Crippen MR) is 95.8 cm³/mol. The second-order valence-corrected chi connectivity index (χ2v) is 9.11. The summed E-state index contributed by atoms with van der Waals surface area (Å²) in [5.41, 5.74) is -0.821. The minimum Gasteiger partial charge on any atom is -0.481 e. The van der Waals surface area contributed by atoms with Crippen LogP contribution in [-0.4, -0.2) is 60.1 Å². The lowest BCUT2D eigenvalue weighted by atomic mass is 9.76. The smallest absolute Gasteiger partial charge is 0.311 e. The highest BCUT2D eigenvalue weighted by Gasteiger charge is 2.49. The van der Waals surface area contributed by atoms with Crippen molar-refractivity contribution in [3.63, 3.8) is 0 Å². The Labute approximate surface area is 157 Å². The summed E-state index contributed by atoms with van der Waals surface area (Å²) < 4.78 is 25.8. The van der Waals surface area contributed by atoms with Crippen LogP contribution in [0.5, 0.6) is 0 Å². The van der Waals surface area contributed by atoms with E-state index < -0.39 is 33.2 Å². The second kappa shape index (κ2) is 6.33. The molecule has 8 nitrogen and oxygen atoms in total. The topological polar surface area (TPSA) is 112 Å². The molecule has 1 fully saturated rings. The number of benzene rings is 1. The molecule has 0 aromatic heterocycles. The molecule has 0 aliphatic carbocycles. The molecule has 1 aromatic rings. The molecule has 0 saturated carbocycles. The fourth-order valence-corrected chi connectivity index (χ4v) is 5.41. The Morgan fingerprint density at radius 1 is 1.30 bits per heavy atom. The molecule has 3 rings (SSSR count). The van der Waals surface area contributed by atoms with Gasteiger partial charge in [0.25, 0.3) is 21.8 Å². The predicted octanol–water partition coefficient (Wildman–Crippen LogP) is 1.42. The van der Waals surface area contributed by atoms with Crippen LogP contribution >= 0.6 is 0 Å². The summed E-state index contributed by atoms with van der Waals surface area (Å²) >= 11 is 0. The molecule has 146 valence electrons. The Morgan fingerprint density at radius 2 is 1.96 bits per heavy atom. The van der Waals surface area contributed by atoms with Gasteiger partial charge in [0, 0.05) is 25.2 Å². The number of rotatable bonds is 4. The van der Waals surface area contributed by atoms with Crippen molar-refractivity contribution in [1.82, 2.24) is 9.21 Å². The van der Waals surface area contributed by atoms with Gasteiger partial charge in [0.05, 0.1) is 11.0 Å². The Hall–Kier alpha value is -2.42. The lowest BCUT2D eigenvalue weighted by Gasteiger charge is -2.28. The molecule has 1 aromatic carbocycles. The average molecular weight is 394 g/mol. The second-order valence-electron chi connectivity index (χ2n) is 7.28. The summed E-state index contributed by atoms with van der Waals surface area (Å²) in [5, 5.41) is 9.62. The highest BCUT2D eigenvalue weighted by Crippen LogP contribution is 2.39. The number of amides is 2. The van der Waals surface area contributed by atoms with Crippen molar-refractivity contribution in [3.05, 3.63) is 29.3 Å². The van der Waals surface area contributed by atoms with Gasteiger partial charge in [0.15, 0.2) is 0 Å².